The lowest BCUT2D eigenvalue weighted by Crippen LogP contribution is -2.25. The second kappa shape index (κ2) is 7.54. The van der Waals surface area contributed by atoms with Crippen LogP contribution in [0.15, 0.2) is 41.2 Å². The van der Waals surface area contributed by atoms with E-state index in [1.54, 1.807) is 10.7 Å². The van der Waals surface area contributed by atoms with E-state index in [-0.39, 0.29) is 17.4 Å². The maximum Gasteiger partial charge on any atom is 0.264 e. The van der Waals surface area contributed by atoms with Gasteiger partial charge in [0, 0.05) is 24.0 Å². The first-order valence-corrected chi connectivity index (χ1v) is 9.60. The summed E-state index contributed by atoms with van der Waals surface area (Å²) in [7, 11) is 0. The molecule has 8 heteroatoms. The molecule has 29 heavy (non-hydrogen) atoms. The Morgan fingerprint density at radius 1 is 1.24 bits per heavy atom. The number of ether oxygens (including phenoxy) is 1. The molecule has 0 bridgehead atoms. The summed E-state index contributed by atoms with van der Waals surface area (Å²) in [6, 6.07) is 10.8. The predicted molar refractivity (Wildman–Crippen MR) is 109 cm³/mol. The first-order valence-electron chi connectivity index (χ1n) is 9.60. The van der Waals surface area contributed by atoms with Crippen LogP contribution in [0.1, 0.15) is 43.0 Å². The SMILES string of the molecule is Cc1nn(-c2ccc(=O)[nH]n2)c2c1[C@@H](c1cccc(OCC(C)C)c1)CC(=O)N2. The van der Waals surface area contributed by atoms with Crippen molar-refractivity contribution >= 4 is 11.7 Å². The van der Waals surface area contributed by atoms with Crippen LogP contribution in [-0.4, -0.2) is 32.5 Å². The third-order valence-corrected chi connectivity index (χ3v) is 4.83. The lowest BCUT2D eigenvalue weighted by molar-refractivity contribution is -0.116. The van der Waals surface area contributed by atoms with Crippen LogP contribution in [0.5, 0.6) is 5.75 Å². The Hall–Kier alpha value is -3.42. The first-order chi connectivity index (χ1) is 13.9. The Bertz CT molecular complexity index is 1100. The van der Waals surface area contributed by atoms with Gasteiger partial charge in [-0.1, -0.05) is 26.0 Å². The topological polar surface area (TPSA) is 102 Å². The van der Waals surface area contributed by atoms with Crippen molar-refractivity contribution in [3.05, 3.63) is 63.6 Å². The number of aromatic amines is 1. The minimum atomic E-state index is -0.299. The third-order valence-electron chi connectivity index (χ3n) is 4.83. The Morgan fingerprint density at radius 2 is 2.07 bits per heavy atom. The van der Waals surface area contributed by atoms with Crippen molar-refractivity contribution in [2.24, 2.45) is 5.92 Å². The molecule has 1 aliphatic heterocycles. The minimum Gasteiger partial charge on any atom is -0.493 e. The van der Waals surface area contributed by atoms with E-state index in [1.165, 1.54) is 6.07 Å². The number of rotatable bonds is 5. The lowest BCUT2D eigenvalue weighted by Gasteiger charge is -2.24. The average molecular weight is 393 g/mol. The number of fused-ring (bicyclic) bond motifs is 1. The Labute approximate surface area is 167 Å². The highest BCUT2D eigenvalue weighted by molar-refractivity contribution is 5.95. The number of carbonyl (C=O) groups is 1. The van der Waals surface area contributed by atoms with Crippen LogP contribution in [0.4, 0.5) is 5.82 Å². The molecule has 4 rings (SSSR count). The number of nitrogens with zero attached hydrogens (tertiary/aromatic N) is 3. The van der Waals surface area contributed by atoms with Crippen LogP contribution in [-0.2, 0) is 4.79 Å². The van der Waals surface area contributed by atoms with Gasteiger partial charge in [0.05, 0.1) is 12.3 Å². The fraction of sp³-hybridized carbons (Fsp3) is 0.333. The number of amides is 1. The van der Waals surface area contributed by atoms with Crippen LogP contribution in [0, 0.1) is 12.8 Å². The first kappa shape index (κ1) is 18.9. The van der Waals surface area contributed by atoms with Gasteiger partial charge in [0.1, 0.15) is 11.6 Å². The Kier molecular flexibility index (Phi) is 4.92. The summed E-state index contributed by atoms with van der Waals surface area (Å²) < 4.78 is 7.42. The molecule has 1 aromatic carbocycles. The molecule has 0 aliphatic carbocycles. The van der Waals surface area contributed by atoms with Gasteiger partial charge >= 0.3 is 0 Å². The van der Waals surface area contributed by atoms with E-state index in [1.807, 2.05) is 31.2 Å². The molecule has 3 heterocycles. The number of benzene rings is 1. The Morgan fingerprint density at radius 3 is 2.79 bits per heavy atom. The molecule has 2 N–H and O–H groups in total. The predicted octanol–water partition coefficient (Wildman–Crippen LogP) is 2.77. The van der Waals surface area contributed by atoms with E-state index in [9.17, 15) is 9.59 Å². The number of aryl methyl sites for hydroxylation is 1. The number of aromatic nitrogens is 4. The maximum absolute atomic E-state index is 12.5. The molecule has 150 valence electrons. The molecule has 3 aromatic rings. The van der Waals surface area contributed by atoms with Gasteiger partial charge in [-0.15, -0.1) is 0 Å². The fourth-order valence-electron chi connectivity index (χ4n) is 3.54. The molecule has 2 aromatic heterocycles. The van der Waals surface area contributed by atoms with Crippen molar-refractivity contribution < 1.29 is 9.53 Å². The molecule has 1 atom stereocenters. The summed E-state index contributed by atoms with van der Waals surface area (Å²) >= 11 is 0. The van der Waals surface area contributed by atoms with E-state index in [0.717, 1.165) is 22.6 Å². The van der Waals surface area contributed by atoms with Crippen molar-refractivity contribution in [2.45, 2.75) is 33.1 Å². The number of H-pyrrole nitrogens is 1. The van der Waals surface area contributed by atoms with Gasteiger partial charge in [-0.2, -0.15) is 14.9 Å². The summed E-state index contributed by atoms with van der Waals surface area (Å²) in [4.78, 5) is 23.8. The van der Waals surface area contributed by atoms with Crippen molar-refractivity contribution in [1.82, 2.24) is 20.0 Å². The normalized spacial score (nSPS) is 15.9. The summed E-state index contributed by atoms with van der Waals surface area (Å²) in [5.41, 5.74) is 2.44. The van der Waals surface area contributed by atoms with Gasteiger partial charge in [-0.25, -0.2) is 5.10 Å². The highest BCUT2D eigenvalue weighted by atomic mass is 16.5. The fourth-order valence-corrected chi connectivity index (χ4v) is 3.54. The van der Waals surface area contributed by atoms with Crippen LogP contribution >= 0.6 is 0 Å². The zero-order valence-electron chi connectivity index (χ0n) is 16.6. The smallest absolute Gasteiger partial charge is 0.264 e. The molecule has 0 spiro atoms. The largest absolute Gasteiger partial charge is 0.493 e. The van der Waals surface area contributed by atoms with Gasteiger partial charge in [0.25, 0.3) is 5.56 Å². The van der Waals surface area contributed by atoms with Crippen molar-refractivity contribution in [2.75, 3.05) is 11.9 Å². The second-order valence-electron chi connectivity index (χ2n) is 7.62. The molecular formula is C21H23N5O3. The van der Waals surface area contributed by atoms with Gasteiger partial charge in [-0.3, -0.25) is 9.59 Å². The molecule has 8 nitrogen and oxygen atoms in total. The molecule has 0 saturated heterocycles. The second-order valence-corrected chi connectivity index (χ2v) is 7.62. The summed E-state index contributed by atoms with van der Waals surface area (Å²) in [6.07, 6.45) is 0.326. The molecule has 0 radical (unpaired) electrons. The van der Waals surface area contributed by atoms with Crippen molar-refractivity contribution in [1.29, 1.82) is 0 Å². The number of nitrogens with one attached hydrogen (secondary N) is 2. The quantitative estimate of drug-likeness (QED) is 0.694. The number of anilines is 1. The molecule has 0 fully saturated rings. The van der Waals surface area contributed by atoms with Crippen molar-refractivity contribution in [3.8, 4) is 11.6 Å². The zero-order valence-corrected chi connectivity index (χ0v) is 16.6. The molecule has 1 amide bonds. The van der Waals surface area contributed by atoms with E-state index in [0.29, 0.717) is 30.6 Å². The average Bonchev–Trinajstić information content (AvgIpc) is 3.03. The highest BCUT2D eigenvalue weighted by Crippen LogP contribution is 2.40. The van der Waals surface area contributed by atoms with Crippen molar-refractivity contribution in [3.63, 3.8) is 0 Å². The third kappa shape index (κ3) is 3.78. The molecular weight excluding hydrogens is 370 g/mol. The van der Waals surface area contributed by atoms with Gasteiger partial charge in [-0.05, 0) is 36.6 Å². The Balaban J connectivity index is 1.75. The van der Waals surface area contributed by atoms with Gasteiger partial charge in [0.2, 0.25) is 5.91 Å². The van der Waals surface area contributed by atoms with E-state index in [2.05, 4.69) is 34.5 Å². The van der Waals surface area contributed by atoms with Crippen LogP contribution in [0.2, 0.25) is 0 Å². The number of hydrogen-bond donors (Lipinski definition) is 2. The summed E-state index contributed by atoms with van der Waals surface area (Å²) in [5.74, 6) is 1.99. The van der Waals surface area contributed by atoms with Crippen LogP contribution in [0.3, 0.4) is 0 Å². The summed E-state index contributed by atoms with van der Waals surface area (Å²) in [6.45, 7) is 6.74. The van der Waals surface area contributed by atoms with Gasteiger partial charge < -0.3 is 10.1 Å². The zero-order chi connectivity index (χ0) is 20.5. The molecule has 0 unspecified atom stereocenters. The minimum absolute atomic E-state index is 0.0958. The van der Waals surface area contributed by atoms with Crippen LogP contribution in [0.25, 0.3) is 5.82 Å². The van der Waals surface area contributed by atoms with Crippen LogP contribution < -0.4 is 15.6 Å². The van der Waals surface area contributed by atoms with E-state index in [4.69, 9.17) is 4.74 Å². The lowest BCUT2D eigenvalue weighted by atomic mass is 9.86. The molecule has 1 aliphatic rings. The van der Waals surface area contributed by atoms with Gasteiger partial charge in [0.15, 0.2) is 5.82 Å². The summed E-state index contributed by atoms with van der Waals surface area (Å²) in [5, 5.41) is 13.9. The number of hydrogen-bond acceptors (Lipinski definition) is 5. The maximum atomic E-state index is 12.5. The van der Waals surface area contributed by atoms with E-state index < -0.39 is 0 Å². The molecule has 0 saturated carbocycles. The highest BCUT2D eigenvalue weighted by Gasteiger charge is 2.33. The number of carbonyl (C=O) groups excluding carboxylic acids is 1. The monoisotopic (exact) mass is 393 g/mol. The standard InChI is InChI=1S/C21H23N5O3/c1-12(2)11-29-15-6-4-5-14(9-15)16-10-19(28)22-21-20(16)13(3)25-26(21)17-7-8-18(27)24-23-17/h4-9,12,16H,10-11H2,1-3H3,(H,22,28)(H,24,27)/t16-/m1/s1. The van der Waals surface area contributed by atoms with E-state index >= 15 is 0 Å².